The summed E-state index contributed by atoms with van der Waals surface area (Å²) >= 11 is 0. The Labute approximate surface area is 201 Å². The zero-order valence-electron chi connectivity index (χ0n) is 19.4. The maximum atomic E-state index is 12.9. The van der Waals surface area contributed by atoms with Crippen LogP contribution in [0, 0.1) is 6.92 Å². The second kappa shape index (κ2) is 10.3. The van der Waals surface area contributed by atoms with Gasteiger partial charge < -0.3 is 9.73 Å². The highest BCUT2D eigenvalue weighted by Gasteiger charge is 2.30. The van der Waals surface area contributed by atoms with Crippen molar-refractivity contribution in [1.82, 2.24) is 15.6 Å². The minimum absolute atomic E-state index is 0.188. The van der Waals surface area contributed by atoms with Crippen molar-refractivity contribution < 1.29 is 22.4 Å². The molecule has 1 aromatic heterocycles. The largest absolute Gasteiger partial charge is 0.441 e. The van der Waals surface area contributed by atoms with Crippen LogP contribution in [0.1, 0.15) is 46.6 Å². The summed E-state index contributed by atoms with van der Waals surface area (Å²) in [6.45, 7) is 1.77. The first kappa shape index (κ1) is 24.5. The van der Waals surface area contributed by atoms with E-state index in [1.165, 1.54) is 12.1 Å². The van der Waals surface area contributed by atoms with Crippen LogP contribution in [0.15, 0.2) is 77.2 Å². The van der Waals surface area contributed by atoms with E-state index >= 15 is 0 Å². The van der Waals surface area contributed by atoms with E-state index in [2.05, 4.69) is 15.6 Å². The van der Waals surface area contributed by atoms with Gasteiger partial charge in [-0.3, -0.25) is 10.1 Å². The van der Waals surface area contributed by atoms with E-state index in [9.17, 15) is 18.0 Å². The normalized spacial score (nSPS) is 13.5. The number of benzene rings is 3. The molecule has 0 aliphatic carbocycles. The molecule has 0 saturated heterocycles. The summed E-state index contributed by atoms with van der Waals surface area (Å²) < 4.78 is 44.5. The summed E-state index contributed by atoms with van der Waals surface area (Å²) in [6.07, 6.45) is -3.31. The van der Waals surface area contributed by atoms with Crippen LogP contribution in [0.5, 0.6) is 0 Å². The first-order valence-electron chi connectivity index (χ1n) is 11.3. The van der Waals surface area contributed by atoms with Gasteiger partial charge in [-0.05, 0) is 53.8 Å². The van der Waals surface area contributed by atoms with E-state index in [-0.39, 0.29) is 11.9 Å². The monoisotopic (exact) mass is 481 g/mol. The van der Waals surface area contributed by atoms with Crippen LogP contribution in [0.2, 0.25) is 0 Å². The SMILES string of the molecule is CNC(=O)C(NC(CCc1ccc(C(F)(F)F)cc1)c1ccc2nc(C)oc2c1)c1ccccc1. The second-order valence-electron chi connectivity index (χ2n) is 8.37. The third kappa shape index (κ3) is 5.89. The molecule has 2 unspecified atom stereocenters. The fourth-order valence-electron chi connectivity index (χ4n) is 4.11. The lowest BCUT2D eigenvalue weighted by molar-refractivity contribution is -0.137. The maximum Gasteiger partial charge on any atom is 0.416 e. The van der Waals surface area contributed by atoms with Crippen molar-refractivity contribution in [3.05, 3.63) is 101 Å². The number of hydrogen-bond donors (Lipinski definition) is 2. The van der Waals surface area contributed by atoms with E-state index in [4.69, 9.17) is 4.42 Å². The third-order valence-electron chi connectivity index (χ3n) is 5.93. The molecule has 0 saturated carbocycles. The molecule has 0 radical (unpaired) electrons. The van der Waals surface area contributed by atoms with Crippen LogP contribution in [0.3, 0.4) is 0 Å². The van der Waals surface area contributed by atoms with Crippen LogP contribution in [0.4, 0.5) is 13.2 Å². The predicted octanol–water partition coefficient (Wildman–Crippen LogP) is 5.91. The zero-order chi connectivity index (χ0) is 25.0. The molecule has 0 fully saturated rings. The summed E-state index contributed by atoms with van der Waals surface area (Å²) in [6, 6.07) is 19.3. The molecule has 0 bridgehead atoms. The highest BCUT2D eigenvalue weighted by atomic mass is 19.4. The number of halogens is 3. The number of carbonyl (C=O) groups is 1. The average Bonchev–Trinajstić information content (AvgIpc) is 3.23. The molecule has 3 aromatic carbocycles. The lowest BCUT2D eigenvalue weighted by Crippen LogP contribution is -2.38. The second-order valence-corrected chi connectivity index (χ2v) is 8.37. The Hall–Kier alpha value is -3.65. The Bertz CT molecular complexity index is 1280. The first-order valence-corrected chi connectivity index (χ1v) is 11.3. The molecule has 4 aromatic rings. The molecular formula is C27H26F3N3O2. The molecule has 5 nitrogen and oxygen atoms in total. The number of aromatic nitrogens is 1. The molecule has 2 N–H and O–H groups in total. The highest BCUT2D eigenvalue weighted by Crippen LogP contribution is 2.31. The van der Waals surface area contributed by atoms with Gasteiger partial charge in [0.2, 0.25) is 5.91 Å². The number of likely N-dealkylation sites (N-methyl/N-ethyl adjacent to an activating group) is 1. The van der Waals surface area contributed by atoms with Gasteiger partial charge in [-0.1, -0.05) is 48.5 Å². The van der Waals surface area contributed by atoms with Gasteiger partial charge in [-0.2, -0.15) is 13.2 Å². The van der Waals surface area contributed by atoms with Crippen LogP contribution < -0.4 is 10.6 Å². The molecule has 4 rings (SSSR count). The number of hydrogen-bond acceptors (Lipinski definition) is 4. The number of fused-ring (bicyclic) bond motifs is 1. The van der Waals surface area contributed by atoms with E-state index in [1.807, 2.05) is 48.5 Å². The van der Waals surface area contributed by atoms with Crippen LogP contribution >= 0.6 is 0 Å². The molecule has 2 atom stereocenters. The van der Waals surface area contributed by atoms with Crippen molar-refractivity contribution in [2.24, 2.45) is 0 Å². The number of nitrogens with zero attached hydrogens (tertiary/aromatic N) is 1. The van der Waals surface area contributed by atoms with Crippen molar-refractivity contribution in [2.45, 2.75) is 38.0 Å². The van der Waals surface area contributed by atoms with E-state index in [0.717, 1.165) is 34.3 Å². The van der Waals surface area contributed by atoms with Crippen molar-refractivity contribution in [1.29, 1.82) is 0 Å². The number of alkyl halides is 3. The summed E-state index contributed by atoms with van der Waals surface area (Å²) in [4.78, 5) is 17.1. The standard InChI is InChI=1S/C27H26F3N3O2/c1-17-32-23-15-11-20(16-24(23)35-17)22(14-10-18-8-12-21(13-9-18)27(28,29)30)33-25(26(34)31-2)19-6-4-3-5-7-19/h3-9,11-13,15-16,22,25,33H,10,14H2,1-2H3,(H,31,34). The topological polar surface area (TPSA) is 67.2 Å². The molecule has 8 heteroatoms. The van der Waals surface area contributed by atoms with Gasteiger partial charge >= 0.3 is 6.18 Å². The number of oxazole rings is 1. The van der Waals surface area contributed by atoms with Crippen molar-refractivity contribution in [3.8, 4) is 0 Å². The average molecular weight is 482 g/mol. The zero-order valence-corrected chi connectivity index (χ0v) is 19.4. The van der Waals surface area contributed by atoms with Gasteiger partial charge in [-0.25, -0.2) is 4.98 Å². The molecule has 0 aliphatic heterocycles. The number of rotatable bonds is 8. The highest BCUT2D eigenvalue weighted by molar-refractivity contribution is 5.83. The summed E-state index contributed by atoms with van der Waals surface area (Å²) in [5, 5.41) is 6.17. The Morgan fingerprint density at radius 3 is 2.37 bits per heavy atom. The number of carbonyl (C=O) groups excluding carboxylic acids is 1. The molecule has 35 heavy (non-hydrogen) atoms. The number of amides is 1. The van der Waals surface area contributed by atoms with Gasteiger partial charge in [0.15, 0.2) is 11.5 Å². The van der Waals surface area contributed by atoms with Crippen molar-refractivity contribution in [2.75, 3.05) is 7.05 Å². The molecule has 1 heterocycles. The quantitative estimate of drug-likeness (QED) is 0.329. The van der Waals surface area contributed by atoms with Gasteiger partial charge in [0.1, 0.15) is 11.6 Å². The minimum Gasteiger partial charge on any atom is -0.441 e. The van der Waals surface area contributed by atoms with Gasteiger partial charge in [0.25, 0.3) is 0 Å². The van der Waals surface area contributed by atoms with Crippen LogP contribution in [0.25, 0.3) is 11.1 Å². The van der Waals surface area contributed by atoms with Gasteiger partial charge in [0, 0.05) is 20.0 Å². The summed E-state index contributed by atoms with van der Waals surface area (Å²) in [5.74, 6) is 0.367. The number of aryl methyl sites for hydroxylation is 2. The molecule has 182 valence electrons. The first-order chi connectivity index (χ1) is 16.7. The molecule has 0 spiro atoms. The summed E-state index contributed by atoms with van der Waals surface area (Å²) in [5.41, 5.74) is 3.17. The fourth-order valence-corrected chi connectivity index (χ4v) is 4.11. The lowest BCUT2D eigenvalue weighted by Gasteiger charge is -2.26. The lowest BCUT2D eigenvalue weighted by atomic mass is 9.95. The Balaban J connectivity index is 1.63. The molecular weight excluding hydrogens is 455 g/mol. The van der Waals surface area contributed by atoms with Crippen molar-refractivity contribution in [3.63, 3.8) is 0 Å². The minimum atomic E-state index is -4.37. The van der Waals surface area contributed by atoms with E-state index in [0.29, 0.717) is 24.3 Å². The van der Waals surface area contributed by atoms with E-state index in [1.54, 1.807) is 14.0 Å². The van der Waals surface area contributed by atoms with E-state index < -0.39 is 17.8 Å². The molecule has 0 aliphatic rings. The smallest absolute Gasteiger partial charge is 0.416 e. The number of nitrogens with one attached hydrogen (secondary N) is 2. The summed E-state index contributed by atoms with van der Waals surface area (Å²) in [7, 11) is 1.58. The Morgan fingerprint density at radius 2 is 1.71 bits per heavy atom. The van der Waals surface area contributed by atoms with Crippen LogP contribution in [-0.4, -0.2) is 17.9 Å². The molecule has 1 amide bonds. The van der Waals surface area contributed by atoms with Gasteiger partial charge in [-0.15, -0.1) is 0 Å². The third-order valence-corrected chi connectivity index (χ3v) is 5.93. The van der Waals surface area contributed by atoms with Gasteiger partial charge in [0.05, 0.1) is 5.56 Å². The Kier molecular flexibility index (Phi) is 7.21. The predicted molar refractivity (Wildman–Crippen MR) is 128 cm³/mol. The van der Waals surface area contributed by atoms with Crippen LogP contribution in [-0.2, 0) is 17.4 Å². The van der Waals surface area contributed by atoms with Crippen molar-refractivity contribution >= 4 is 17.0 Å². The maximum absolute atomic E-state index is 12.9. The fraction of sp³-hybridized carbons (Fsp3) is 0.259. The Morgan fingerprint density at radius 1 is 1.00 bits per heavy atom.